The van der Waals surface area contributed by atoms with Gasteiger partial charge in [-0.15, -0.1) is 5.10 Å². The molecule has 0 aliphatic rings. The molecule has 1 N–H and O–H groups in total. The van der Waals surface area contributed by atoms with E-state index in [4.69, 9.17) is 11.6 Å². The minimum atomic E-state index is -0.368. The molecule has 0 saturated carbocycles. The number of hydrogen-bond acceptors (Lipinski definition) is 4. The summed E-state index contributed by atoms with van der Waals surface area (Å²) in [6.07, 6.45) is 0. The largest absolute Gasteiger partial charge is 0.307 e. The highest BCUT2D eigenvalue weighted by molar-refractivity contribution is 7.03. The molecular formula is C10H9ClFN3S. The molecule has 0 aliphatic carbocycles. The lowest BCUT2D eigenvalue weighted by Gasteiger charge is -2.05. The van der Waals surface area contributed by atoms with Crippen LogP contribution in [-0.4, -0.2) is 9.59 Å². The van der Waals surface area contributed by atoms with E-state index in [2.05, 4.69) is 14.9 Å². The van der Waals surface area contributed by atoms with Crippen LogP contribution < -0.4 is 5.32 Å². The third-order valence-electron chi connectivity index (χ3n) is 2.06. The van der Waals surface area contributed by atoms with Gasteiger partial charge in [0, 0.05) is 24.0 Å². The molecule has 16 heavy (non-hydrogen) atoms. The molecule has 1 heterocycles. The maximum absolute atomic E-state index is 13.5. The van der Waals surface area contributed by atoms with Crippen molar-refractivity contribution in [2.75, 3.05) is 0 Å². The van der Waals surface area contributed by atoms with Crippen molar-refractivity contribution in [2.45, 2.75) is 13.1 Å². The Kier molecular flexibility index (Phi) is 3.82. The summed E-state index contributed by atoms with van der Waals surface area (Å²) >= 11 is 6.96. The zero-order chi connectivity index (χ0) is 11.4. The first-order valence-corrected chi connectivity index (χ1v) is 5.88. The smallest absolute Gasteiger partial charge is 0.146 e. The predicted octanol–water partition coefficient (Wildman–Crippen LogP) is 2.62. The van der Waals surface area contributed by atoms with Crippen molar-refractivity contribution in [1.82, 2.24) is 14.9 Å². The molecule has 0 saturated heterocycles. The van der Waals surface area contributed by atoms with Crippen LogP contribution >= 0.6 is 23.1 Å². The van der Waals surface area contributed by atoms with Crippen LogP contribution in [0, 0.1) is 5.82 Å². The van der Waals surface area contributed by atoms with Gasteiger partial charge in [0.15, 0.2) is 0 Å². The molecule has 3 nitrogen and oxygen atoms in total. The summed E-state index contributed by atoms with van der Waals surface area (Å²) in [7, 11) is 0. The highest BCUT2D eigenvalue weighted by Gasteiger charge is 2.05. The van der Waals surface area contributed by atoms with Crippen LogP contribution in [0.3, 0.4) is 0 Å². The van der Waals surface area contributed by atoms with Gasteiger partial charge >= 0.3 is 0 Å². The second-order valence-corrected chi connectivity index (χ2v) is 4.23. The van der Waals surface area contributed by atoms with Crippen molar-refractivity contribution in [3.63, 3.8) is 0 Å². The van der Waals surface area contributed by atoms with Crippen molar-refractivity contribution in [3.8, 4) is 0 Å². The number of aromatic nitrogens is 2. The fourth-order valence-electron chi connectivity index (χ4n) is 1.27. The Bertz CT molecular complexity index is 461. The molecule has 0 aliphatic heterocycles. The second-order valence-electron chi connectivity index (χ2n) is 3.21. The van der Waals surface area contributed by atoms with Crippen molar-refractivity contribution >= 4 is 23.1 Å². The Morgan fingerprint density at radius 3 is 3.00 bits per heavy atom. The highest BCUT2D eigenvalue weighted by Crippen LogP contribution is 2.17. The van der Waals surface area contributed by atoms with Crippen LogP contribution in [0.1, 0.15) is 11.3 Å². The molecule has 84 valence electrons. The summed E-state index contributed by atoms with van der Waals surface area (Å²) in [5.74, 6) is -0.368. The van der Waals surface area contributed by atoms with E-state index < -0.39 is 0 Å². The number of halogens is 2. The summed E-state index contributed by atoms with van der Waals surface area (Å²) in [5, 5.41) is 8.95. The lowest BCUT2D eigenvalue weighted by atomic mass is 10.2. The molecule has 0 fully saturated rings. The van der Waals surface area contributed by atoms with Gasteiger partial charge in [0.25, 0.3) is 0 Å². The molecule has 0 amide bonds. The Morgan fingerprint density at radius 1 is 1.38 bits per heavy atom. The number of benzene rings is 1. The van der Waals surface area contributed by atoms with Crippen LogP contribution in [0.4, 0.5) is 4.39 Å². The summed E-state index contributed by atoms with van der Waals surface area (Å²) in [6.45, 7) is 0.992. The maximum Gasteiger partial charge on any atom is 0.146 e. The molecule has 0 unspecified atom stereocenters. The van der Waals surface area contributed by atoms with E-state index in [-0.39, 0.29) is 10.8 Å². The first kappa shape index (κ1) is 11.4. The van der Waals surface area contributed by atoms with Gasteiger partial charge in [0.1, 0.15) is 5.82 Å². The fourth-order valence-corrected chi connectivity index (χ4v) is 1.92. The molecule has 2 rings (SSSR count). The third-order valence-corrected chi connectivity index (χ3v) is 2.90. The van der Waals surface area contributed by atoms with E-state index in [0.29, 0.717) is 18.7 Å². The summed E-state index contributed by atoms with van der Waals surface area (Å²) < 4.78 is 17.2. The molecule has 1 aromatic carbocycles. The number of rotatable bonds is 4. The standard InChI is InChI=1S/C10H9ClFN3S/c11-9-3-1-2-7(10(9)12)4-13-5-8-6-16-15-14-8/h1-3,6,13H,4-5H2. The first-order chi connectivity index (χ1) is 7.77. The Balaban J connectivity index is 1.92. The molecule has 1 aromatic heterocycles. The van der Waals surface area contributed by atoms with Crippen molar-refractivity contribution < 1.29 is 4.39 Å². The summed E-state index contributed by atoms with van der Waals surface area (Å²) in [4.78, 5) is 0. The molecule has 0 radical (unpaired) electrons. The second kappa shape index (κ2) is 5.34. The molecule has 0 bridgehead atoms. The Hall–Kier alpha value is -1.04. The average molecular weight is 258 g/mol. The summed E-state index contributed by atoms with van der Waals surface area (Å²) in [5.41, 5.74) is 1.41. The van der Waals surface area contributed by atoms with Gasteiger partial charge in [-0.3, -0.25) is 0 Å². The Labute approximate surface area is 101 Å². The van der Waals surface area contributed by atoms with E-state index in [0.717, 1.165) is 5.69 Å². The van der Waals surface area contributed by atoms with E-state index in [1.165, 1.54) is 17.6 Å². The molecule has 2 aromatic rings. The maximum atomic E-state index is 13.5. The van der Waals surface area contributed by atoms with Gasteiger partial charge in [-0.2, -0.15) is 0 Å². The molecule has 6 heteroatoms. The monoisotopic (exact) mass is 257 g/mol. The quantitative estimate of drug-likeness (QED) is 0.915. The lowest BCUT2D eigenvalue weighted by Crippen LogP contribution is -2.14. The predicted molar refractivity (Wildman–Crippen MR) is 61.9 cm³/mol. The average Bonchev–Trinajstić information content (AvgIpc) is 2.77. The van der Waals surface area contributed by atoms with Crippen molar-refractivity contribution in [2.24, 2.45) is 0 Å². The minimum Gasteiger partial charge on any atom is -0.307 e. The van der Waals surface area contributed by atoms with Gasteiger partial charge in [-0.25, -0.2) is 4.39 Å². The zero-order valence-electron chi connectivity index (χ0n) is 8.28. The van der Waals surface area contributed by atoms with E-state index in [1.54, 1.807) is 12.1 Å². The molecule has 0 spiro atoms. The normalized spacial score (nSPS) is 10.6. The van der Waals surface area contributed by atoms with Crippen LogP contribution in [0.5, 0.6) is 0 Å². The third kappa shape index (κ3) is 2.75. The van der Waals surface area contributed by atoms with Crippen LogP contribution in [0.25, 0.3) is 0 Å². The van der Waals surface area contributed by atoms with Gasteiger partial charge in [0.05, 0.1) is 10.7 Å². The zero-order valence-corrected chi connectivity index (χ0v) is 9.85. The van der Waals surface area contributed by atoms with Gasteiger partial charge in [0.2, 0.25) is 0 Å². The first-order valence-electron chi connectivity index (χ1n) is 4.67. The van der Waals surface area contributed by atoms with Crippen LogP contribution in [0.2, 0.25) is 5.02 Å². The SMILES string of the molecule is Fc1c(Cl)cccc1CNCc1csnn1. The number of nitrogens with one attached hydrogen (secondary N) is 1. The van der Waals surface area contributed by atoms with Gasteiger partial charge < -0.3 is 5.32 Å². The molecule has 0 atom stereocenters. The van der Waals surface area contributed by atoms with E-state index >= 15 is 0 Å². The van der Waals surface area contributed by atoms with Gasteiger partial charge in [-0.1, -0.05) is 28.2 Å². The van der Waals surface area contributed by atoms with E-state index in [1.807, 2.05) is 5.38 Å². The lowest BCUT2D eigenvalue weighted by molar-refractivity contribution is 0.586. The van der Waals surface area contributed by atoms with E-state index in [9.17, 15) is 4.39 Å². The fraction of sp³-hybridized carbons (Fsp3) is 0.200. The van der Waals surface area contributed by atoms with Crippen LogP contribution in [-0.2, 0) is 13.1 Å². The topological polar surface area (TPSA) is 37.8 Å². The summed E-state index contributed by atoms with van der Waals surface area (Å²) in [6, 6.07) is 4.96. The van der Waals surface area contributed by atoms with Crippen molar-refractivity contribution in [3.05, 3.63) is 45.7 Å². The van der Waals surface area contributed by atoms with Crippen molar-refractivity contribution in [1.29, 1.82) is 0 Å². The molecular weight excluding hydrogens is 249 g/mol. The highest BCUT2D eigenvalue weighted by atomic mass is 35.5. The van der Waals surface area contributed by atoms with Gasteiger partial charge in [-0.05, 0) is 17.6 Å². The number of nitrogens with zero attached hydrogens (tertiary/aromatic N) is 2. The minimum absolute atomic E-state index is 0.148. The Morgan fingerprint density at radius 2 is 2.25 bits per heavy atom. The number of hydrogen-bond donors (Lipinski definition) is 1. The van der Waals surface area contributed by atoms with Crippen LogP contribution in [0.15, 0.2) is 23.6 Å².